The highest BCUT2D eigenvalue weighted by Gasteiger charge is 2.65. The van der Waals surface area contributed by atoms with Crippen molar-refractivity contribution in [3.8, 4) is 0 Å². The van der Waals surface area contributed by atoms with Crippen molar-refractivity contribution in [2.24, 2.45) is 5.41 Å². The van der Waals surface area contributed by atoms with Crippen LogP contribution in [0.2, 0.25) is 0 Å². The highest BCUT2D eigenvalue weighted by molar-refractivity contribution is 5.35. The van der Waals surface area contributed by atoms with E-state index in [1.165, 1.54) is 12.8 Å². The fraction of sp³-hybridized carbons (Fsp3) is 0.778. The molecule has 0 aromatic heterocycles. The van der Waals surface area contributed by atoms with Gasteiger partial charge in [0.1, 0.15) is 5.60 Å². The number of ether oxygens (including phenoxy) is 5. The lowest BCUT2D eigenvalue weighted by Gasteiger charge is -2.62. The van der Waals surface area contributed by atoms with Gasteiger partial charge in [-0.3, -0.25) is 0 Å². The maximum atomic E-state index is 6.34. The van der Waals surface area contributed by atoms with E-state index in [2.05, 4.69) is 19.1 Å². The summed E-state index contributed by atoms with van der Waals surface area (Å²) in [4.78, 5) is 0. The molecular formula is C18H26O5. The van der Waals surface area contributed by atoms with Crippen molar-refractivity contribution < 1.29 is 23.7 Å². The zero-order chi connectivity index (χ0) is 16.2. The van der Waals surface area contributed by atoms with Gasteiger partial charge in [-0.1, -0.05) is 19.8 Å². The summed E-state index contributed by atoms with van der Waals surface area (Å²) in [5, 5.41) is 0. The van der Waals surface area contributed by atoms with Crippen LogP contribution in [0.25, 0.3) is 0 Å². The molecule has 2 heterocycles. The van der Waals surface area contributed by atoms with Gasteiger partial charge in [0, 0.05) is 19.6 Å². The number of rotatable bonds is 2. The normalized spacial score (nSPS) is 51.7. The first-order chi connectivity index (χ1) is 11.1. The molecule has 1 saturated carbocycles. The van der Waals surface area contributed by atoms with Crippen molar-refractivity contribution in [2.75, 3.05) is 27.4 Å². The second kappa shape index (κ2) is 5.14. The molecule has 4 aliphatic rings. The van der Waals surface area contributed by atoms with E-state index in [0.717, 1.165) is 12.8 Å². The van der Waals surface area contributed by atoms with E-state index in [1.54, 1.807) is 14.2 Å². The van der Waals surface area contributed by atoms with Gasteiger partial charge in [-0.2, -0.15) is 0 Å². The Morgan fingerprint density at radius 3 is 2.04 bits per heavy atom. The molecule has 0 radical (unpaired) electrons. The summed E-state index contributed by atoms with van der Waals surface area (Å²) in [5.74, 6) is -2.17. The number of hydrogen-bond donors (Lipinski definition) is 0. The van der Waals surface area contributed by atoms with Crippen LogP contribution in [0.15, 0.2) is 24.3 Å². The third-order valence-corrected chi connectivity index (χ3v) is 6.26. The molecule has 0 aromatic rings. The first-order valence-electron chi connectivity index (χ1n) is 8.52. The predicted octanol–water partition coefficient (Wildman–Crippen LogP) is 2.56. The molecule has 2 aliphatic carbocycles. The molecule has 4 atom stereocenters. The highest BCUT2D eigenvalue weighted by atomic mass is 16.8. The third-order valence-electron chi connectivity index (χ3n) is 6.26. The second-order valence-electron chi connectivity index (χ2n) is 7.17. The lowest BCUT2D eigenvalue weighted by molar-refractivity contribution is -0.389. The van der Waals surface area contributed by atoms with Crippen molar-refractivity contribution in [2.45, 2.75) is 55.9 Å². The van der Waals surface area contributed by atoms with Crippen LogP contribution in [0, 0.1) is 5.41 Å². The van der Waals surface area contributed by atoms with E-state index in [9.17, 15) is 0 Å². The van der Waals surface area contributed by atoms with Crippen LogP contribution >= 0.6 is 0 Å². The Kier molecular flexibility index (Phi) is 3.53. The second-order valence-corrected chi connectivity index (χ2v) is 7.17. The van der Waals surface area contributed by atoms with E-state index in [1.807, 2.05) is 12.2 Å². The molecule has 3 fully saturated rings. The predicted molar refractivity (Wildman–Crippen MR) is 83.8 cm³/mol. The number of hydrogen-bond acceptors (Lipinski definition) is 5. The van der Waals surface area contributed by atoms with Gasteiger partial charge in [0.05, 0.1) is 19.3 Å². The lowest BCUT2D eigenvalue weighted by atomic mass is 9.57. The topological polar surface area (TPSA) is 46.2 Å². The van der Waals surface area contributed by atoms with Crippen molar-refractivity contribution in [1.29, 1.82) is 0 Å². The standard InChI is InChI=1S/C18H26O5/c1-15-7-5-4-6-14(15)23-16(15)8-10-17(19-2)18(20-3,11-9-16)22-13-12-21-17/h8-11,14H,4-7,12-13H2,1-3H3/t14?,15?,17-,18-/m0/s1. The van der Waals surface area contributed by atoms with Gasteiger partial charge in [0.2, 0.25) is 11.6 Å². The fourth-order valence-corrected chi connectivity index (χ4v) is 4.69. The molecule has 4 rings (SSSR count). The molecule has 128 valence electrons. The zero-order valence-corrected chi connectivity index (χ0v) is 14.2. The molecule has 23 heavy (non-hydrogen) atoms. The Bertz CT molecular complexity index is 514. The molecule has 0 bridgehead atoms. The minimum Gasteiger partial charge on any atom is -0.362 e. The van der Waals surface area contributed by atoms with Gasteiger partial charge >= 0.3 is 0 Å². The van der Waals surface area contributed by atoms with Crippen molar-refractivity contribution >= 4 is 0 Å². The lowest BCUT2D eigenvalue weighted by Crippen LogP contribution is -2.66. The van der Waals surface area contributed by atoms with Gasteiger partial charge in [0.25, 0.3) is 0 Å². The summed E-state index contributed by atoms with van der Waals surface area (Å²) < 4.78 is 29.7. The van der Waals surface area contributed by atoms with Crippen molar-refractivity contribution in [3.63, 3.8) is 0 Å². The molecular weight excluding hydrogens is 296 g/mol. The van der Waals surface area contributed by atoms with E-state index in [-0.39, 0.29) is 5.41 Å². The largest absolute Gasteiger partial charge is 0.362 e. The van der Waals surface area contributed by atoms with Gasteiger partial charge in [-0.05, 0) is 37.1 Å². The van der Waals surface area contributed by atoms with Gasteiger partial charge < -0.3 is 23.7 Å². The van der Waals surface area contributed by atoms with Crippen LogP contribution in [-0.4, -0.2) is 50.7 Å². The fourth-order valence-electron chi connectivity index (χ4n) is 4.69. The van der Waals surface area contributed by atoms with E-state index in [0.29, 0.717) is 19.3 Å². The highest BCUT2D eigenvalue weighted by Crippen LogP contribution is 2.60. The summed E-state index contributed by atoms with van der Waals surface area (Å²) in [6.07, 6.45) is 13.1. The van der Waals surface area contributed by atoms with Crippen LogP contribution in [0.1, 0.15) is 32.6 Å². The summed E-state index contributed by atoms with van der Waals surface area (Å²) in [7, 11) is 3.23. The molecule has 0 N–H and O–H groups in total. The number of fused-ring (bicyclic) bond motifs is 3. The minimum absolute atomic E-state index is 0.107. The Hall–Kier alpha value is -0.720. The third kappa shape index (κ3) is 1.86. The van der Waals surface area contributed by atoms with Crippen LogP contribution in [-0.2, 0) is 23.7 Å². The molecule has 0 amide bonds. The molecule has 5 heteroatoms. The van der Waals surface area contributed by atoms with E-state index in [4.69, 9.17) is 23.7 Å². The Morgan fingerprint density at radius 1 is 0.913 bits per heavy atom. The Balaban J connectivity index is 1.77. The summed E-state index contributed by atoms with van der Waals surface area (Å²) in [6, 6.07) is 0. The maximum absolute atomic E-state index is 6.34. The van der Waals surface area contributed by atoms with Crippen molar-refractivity contribution in [3.05, 3.63) is 24.3 Å². The number of methoxy groups -OCH3 is 2. The zero-order valence-electron chi connectivity index (χ0n) is 14.2. The molecule has 2 aliphatic heterocycles. The average molecular weight is 322 g/mol. The molecule has 1 spiro atoms. The van der Waals surface area contributed by atoms with Crippen LogP contribution < -0.4 is 0 Å². The maximum Gasteiger partial charge on any atom is 0.248 e. The van der Waals surface area contributed by atoms with Gasteiger partial charge in [-0.15, -0.1) is 0 Å². The molecule has 2 saturated heterocycles. The van der Waals surface area contributed by atoms with Gasteiger partial charge in [-0.25, -0.2) is 0 Å². The van der Waals surface area contributed by atoms with Crippen LogP contribution in [0.5, 0.6) is 0 Å². The van der Waals surface area contributed by atoms with E-state index >= 15 is 0 Å². The average Bonchev–Trinajstić information content (AvgIpc) is 2.74. The van der Waals surface area contributed by atoms with Crippen LogP contribution in [0.3, 0.4) is 0 Å². The molecule has 5 nitrogen and oxygen atoms in total. The van der Waals surface area contributed by atoms with E-state index < -0.39 is 17.2 Å². The molecule has 2 unspecified atom stereocenters. The quantitative estimate of drug-likeness (QED) is 0.731. The monoisotopic (exact) mass is 322 g/mol. The SMILES string of the molecule is CO[C@]12C=CC3(C=C[C@]1(OC)OCCO2)OC1CCCCC13C. The summed E-state index contributed by atoms with van der Waals surface area (Å²) in [5.41, 5.74) is -0.325. The first kappa shape index (κ1) is 15.8. The van der Waals surface area contributed by atoms with Crippen molar-refractivity contribution in [1.82, 2.24) is 0 Å². The summed E-state index contributed by atoms with van der Waals surface area (Å²) >= 11 is 0. The van der Waals surface area contributed by atoms with Gasteiger partial charge in [0.15, 0.2) is 0 Å². The first-order valence-corrected chi connectivity index (χ1v) is 8.52. The summed E-state index contributed by atoms with van der Waals surface area (Å²) in [6.45, 7) is 3.25. The van der Waals surface area contributed by atoms with Crippen LogP contribution in [0.4, 0.5) is 0 Å². The molecule has 0 aromatic carbocycles. The minimum atomic E-state index is -1.08. The Morgan fingerprint density at radius 2 is 1.52 bits per heavy atom. The Labute approximate surface area is 137 Å². The smallest absolute Gasteiger partial charge is 0.248 e.